The van der Waals surface area contributed by atoms with Gasteiger partial charge in [0, 0.05) is 28.0 Å². The zero-order chi connectivity index (χ0) is 34.4. The van der Waals surface area contributed by atoms with Gasteiger partial charge in [-0.15, -0.1) is 0 Å². The average molecular weight is 665 g/mol. The number of anilines is 3. The van der Waals surface area contributed by atoms with Gasteiger partial charge in [-0.1, -0.05) is 133 Å². The fourth-order valence-electron chi connectivity index (χ4n) is 7.52. The van der Waals surface area contributed by atoms with E-state index in [1.807, 2.05) is 18.2 Å². The van der Waals surface area contributed by atoms with E-state index in [2.05, 4.69) is 181 Å². The summed E-state index contributed by atoms with van der Waals surface area (Å²) in [5.41, 5.74) is 10.6. The zero-order valence-electron chi connectivity index (χ0n) is 28.3. The Bertz CT molecular complexity index is 2890. The molecular formula is C49H32N2O. The van der Waals surface area contributed by atoms with Gasteiger partial charge >= 0.3 is 0 Å². The molecule has 9 aromatic carbocycles. The van der Waals surface area contributed by atoms with E-state index in [4.69, 9.17) is 9.40 Å². The summed E-state index contributed by atoms with van der Waals surface area (Å²) < 4.78 is 6.28. The predicted octanol–water partition coefficient (Wildman–Crippen LogP) is 13.8. The summed E-state index contributed by atoms with van der Waals surface area (Å²) in [4.78, 5) is 7.26. The minimum Gasteiger partial charge on any atom is -0.436 e. The first-order valence-electron chi connectivity index (χ1n) is 17.6. The van der Waals surface area contributed by atoms with Crippen molar-refractivity contribution in [1.82, 2.24) is 4.98 Å². The summed E-state index contributed by atoms with van der Waals surface area (Å²) in [7, 11) is 0. The fourth-order valence-corrected chi connectivity index (χ4v) is 7.52. The summed E-state index contributed by atoms with van der Waals surface area (Å²) >= 11 is 0. The molecule has 52 heavy (non-hydrogen) atoms. The molecule has 0 atom stereocenters. The van der Waals surface area contributed by atoms with Gasteiger partial charge in [0.25, 0.3) is 0 Å². The summed E-state index contributed by atoms with van der Waals surface area (Å²) in [5, 5.41) is 7.29. The highest BCUT2D eigenvalue weighted by molar-refractivity contribution is 6.13. The quantitative estimate of drug-likeness (QED) is 0.166. The maximum Gasteiger partial charge on any atom is 0.227 e. The summed E-state index contributed by atoms with van der Waals surface area (Å²) in [5.74, 6) is 0.613. The molecule has 3 nitrogen and oxygen atoms in total. The van der Waals surface area contributed by atoms with Crippen LogP contribution in [0.2, 0.25) is 0 Å². The lowest BCUT2D eigenvalue weighted by Gasteiger charge is -2.26. The molecule has 0 bridgehead atoms. The second-order valence-electron chi connectivity index (χ2n) is 13.2. The van der Waals surface area contributed by atoms with Gasteiger partial charge in [0.2, 0.25) is 5.89 Å². The van der Waals surface area contributed by atoms with Crippen molar-refractivity contribution in [2.75, 3.05) is 4.90 Å². The molecule has 244 valence electrons. The number of oxazole rings is 1. The third-order valence-corrected chi connectivity index (χ3v) is 10.1. The van der Waals surface area contributed by atoms with E-state index in [1.54, 1.807) is 0 Å². The van der Waals surface area contributed by atoms with Gasteiger partial charge in [-0.2, -0.15) is 0 Å². The molecule has 10 rings (SSSR count). The highest BCUT2D eigenvalue weighted by atomic mass is 16.3. The second-order valence-corrected chi connectivity index (χ2v) is 13.2. The first kappa shape index (κ1) is 29.9. The monoisotopic (exact) mass is 664 g/mol. The number of rotatable bonds is 6. The fraction of sp³-hybridized carbons (Fsp3) is 0. The lowest BCUT2D eigenvalue weighted by molar-refractivity contribution is 0.620. The Balaban J connectivity index is 1.07. The molecule has 0 saturated heterocycles. The molecule has 0 aliphatic rings. The van der Waals surface area contributed by atoms with Gasteiger partial charge in [-0.25, -0.2) is 4.98 Å². The van der Waals surface area contributed by atoms with Crippen LogP contribution in [-0.2, 0) is 0 Å². The Morgan fingerprint density at radius 3 is 1.75 bits per heavy atom. The van der Waals surface area contributed by atoms with E-state index in [0.29, 0.717) is 5.89 Å². The van der Waals surface area contributed by atoms with Crippen molar-refractivity contribution < 1.29 is 4.42 Å². The molecule has 3 heteroatoms. The lowest BCUT2D eigenvalue weighted by atomic mass is 9.93. The third-order valence-electron chi connectivity index (χ3n) is 10.1. The number of fused-ring (bicyclic) bond motifs is 6. The number of benzene rings is 9. The Labute approximate surface area is 301 Å². The first-order chi connectivity index (χ1) is 25.8. The Kier molecular flexibility index (Phi) is 7.14. The molecule has 0 aliphatic carbocycles. The van der Waals surface area contributed by atoms with Crippen LogP contribution >= 0.6 is 0 Å². The van der Waals surface area contributed by atoms with E-state index >= 15 is 0 Å². The number of aromatic nitrogens is 1. The minimum atomic E-state index is 0.613. The highest BCUT2D eigenvalue weighted by Gasteiger charge is 2.17. The number of nitrogens with zero attached hydrogens (tertiary/aromatic N) is 2. The van der Waals surface area contributed by atoms with Crippen molar-refractivity contribution in [1.29, 1.82) is 0 Å². The van der Waals surface area contributed by atoms with Crippen molar-refractivity contribution in [3.8, 4) is 33.7 Å². The molecule has 0 fully saturated rings. The third kappa shape index (κ3) is 5.19. The standard InChI is InChI=1S/C49H32N2O/c1-2-11-33(12-3-1)37-15-10-16-41(31-37)51(40-28-23-36(24-29-40)49-50-48-43-18-7-4-13-34(43)25-30-47(48)52-49)39-26-21-35(22-27-39)46-32-38-14-5-6-17-42(38)44-19-8-9-20-45(44)46/h1-32H. The van der Waals surface area contributed by atoms with Crippen molar-refractivity contribution in [2.45, 2.75) is 0 Å². The molecule has 0 saturated carbocycles. The lowest BCUT2D eigenvalue weighted by Crippen LogP contribution is -2.10. The van der Waals surface area contributed by atoms with Crippen molar-refractivity contribution >= 4 is 60.5 Å². The molecule has 0 radical (unpaired) electrons. The van der Waals surface area contributed by atoms with Gasteiger partial charge < -0.3 is 9.32 Å². The summed E-state index contributed by atoms with van der Waals surface area (Å²) in [6.07, 6.45) is 0. The normalized spacial score (nSPS) is 11.5. The molecule has 0 N–H and O–H groups in total. The van der Waals surface area contributed by atoms with Gasteiger partial charge in [0.15, 0.2) is 5.58 Å². The van der Waals surface area contributed by atoms with Crippen molar-refractivity contribution in [2.24, 2.45) is 0 Å². The zero-order valence-corrected chi connectivity index (χ0v) is 28.3. The van der Waals surface area contributed by atoms with Crippen LogP contribution < -0.4 is 4.90 Å². The van der Waals surface area contributed by atoms with E-state index in [-0.39, 0.29) is 0 Å². The predicted molar refractivity (Wildman–Crippen MR) is 218 cm³/mol. The van der Waals surface area contributed by atoms with Crippen LogP contribution in [0, 0.1) is 0 Å². The van der Waals surface area contributed by atoms with E-state index in [9.17, 15) is 0 Å². The number of hydrogen-bond donors (Lipinski definition) is 0. The van der Waals surface area contributed by atoms with Crippen LogP contribution in [0.25, 0.3) is 77.1 Å². The summed E-state index contributed by atoms with van der Waals surface area (Å²) in [6, 6.07) is 68.8. The molecule has 0 spiro atoms. The molecular weight excluding hydrogens is 633 g/mol. The van der Waals surface area contributed by atoms with Gasteiger partial charge in [0.1, 0.15) is 5.52 Å². The molecule has 0 amide bonds. The Morgan fingerprint density at radius 2 is 0.981 bits per heavy atom. The first-order valence-corrected chi connectivity index (χ1v) is 17.6. The smallest absolute Gasteiger partial charge is 0.227 e. The highest BCUT2D eigenvalue weighted by Crippen LogP contribution is 2.40. The van der Waals surface area contributed by atoms with Crippen LogP contribution in [-0.4, -0.2) is 4.98 Å². The summed E-state index contributed by atoms with van der Waals surface area (Å²) in [6.45, 7) is 0. The second kappa shape index (κ2) is 12.4. The largest absolute Gasteiger partial charge is 0.436 e. The van der Waals surface area contributed by atoms with E-state index in [1.165, 1.54) is 38.2 Å². The SMILES string of the molecule is c1ccc(-c2cccc(N(c3ccc(-c4nc5c(ccc6ccccc65)o4)cc3)c3ccc(-c4cc5ccccc5c5ccccc45)cc3)c2)cc1. The molecule has 1 heterocycles. The van der Waals surface area contributed by atoms with Crippen LogP contribution in [0.4, 0.5) is 17.1 Å². The van der Waals surface area contributed by atoms with Crippen LogP contribution in [0.1, 0.15) is 0 Å². The maximum absolute atomic E-state index is 6.28. The number of hydrogen-bond acceptors (Lipinski definition) is 3. The van der Waals surface area contributed by atoms with Crippen molar-refractivity contribution in [3.05, 3.63) is 194 Å². The van der Waals surface area contributed by atoms with Gasteiger partial charge in [-0.05, 0) is 110 Å². The van der Waals surface area contributed by atoms with E-state index in [0.717, 1.165) is 50.1 Å². The Hall–Kier alpha value is -6.97. The van der Waals surface area contributed by atoms with Crippen LogP contribution in [0.15, 0.2) is 199 Å². The van der Waals surface area contributed by atoms with Crippen LogP contribution in [0.3, 0.4) is 0 Å². The van der Waals surface area contributed by atoms with E-state index < -0.39 is 0 Å². The molecule has 0 aliphatic heterocycles. The van der Waals surface area contributed by atoms with Gasteiger partial charge in [-0.3, -0.25) is 0 Å². The van der Waals surface area contributed by atoms with Gasteiger partial charge in [0.05, 0.1) is 0 Å². The maximum atomic E-state index is 6.28. The molecule has 1 aromatic heterocycles. The van der Waals surface area contributed by atoms with Crippen molar-refractivity contribution in [3.63, 3.8) is 0 Å². The minimum absolute atomic E-state index is 0.613. The molecule has 0 unspecified atom stereocenters. The van der Waals surface area contributed by atoms with Crippen LogP contribution in [0.5, 0.6) is 0 Å². The molecule has 10 aromatic rings. The average Bonchev–Trinajstić information content (AvgIpc) is 3.67. The Morgan fingerprint density at radius 1 is 0.365 bits per heavy atom. The topological polar surface area (TPSA) is 29.3 Å².